The number of Topliss-reactive ketones (excluding diaryl/α,β-unsaturated/α-hetero) is 1. The Hall–Kier alpha value is -2.93. The van der Waals surface area contributed by atoms with E-state index in [0.29, 0.717) is 17.7 Å². The number of nitriles is 1. The minimum atomic E-state index is -0.158. The smallest absolute Gasteiger partial charge is 0.220 e. The zero-order valence-electron chi connectivity index (χ0n) is 13.0. The van der Waals surface area contributed by atoms with E-state index in [1.807, 2.05) is 25.1 Å². The van der Waals surface area contributed by atoms with Crippen molar-refractivity contribution in [2.45, 2.75) is 26.3 Å². The molecule has 2 rings (SSSR count). The molecule has 0 bridgehead atoms. The second-order valence-corrected chi connectivity index (χ2v) is 5.37. The van der Waals surface area contributed by atoms with Crippen LogP contribution in [0.5, 0.6) is 0 Å². The summed E-state index contributed by atoms with van der Waals surface area (Å²) >= 11 is 0. The standard InChI is InChI=1S/C19H18N2O2/c1-14-2-8-17(9-3-14)18(22)10-11-19(23)21-13-16-6-4-15(12-20)5-7-16/h2-9H,10-11,13H2,1H3,(H,21,23). The van der Waals surface area contributed by atoms with Crippen LogP contribution in [0.2, 0.25) is 0 Å². The number of ketones is 1. The largest absolute Gasteiger partial charge is 0.352 e. The summed E-state index contributed by atoms with van der Waals surface area (Å²) in [5.41, 5.74) is 3.24. The van der Waals surface area contributed by atoms with Crippen molar-refractivity contribution in [3.63, 3.8) is 0 Å². The number of hydrogen-bond acceptors (Lipinski definition) is 3. The fourth-order valence-electron chi connectivity index (χ4n) is 2.10. The third kappa shape index (κ3) is 5.08. The quantitative estimate of drug-likeness (QED) is 0.833. The molecule has 0 aliphatic heterocycles. The molecule has 0 atom stereocenters. The molecule has 0 radical (unpaired) electrons. The molecule has 4 nitrogen and oxygen atoms in total. The normalized spacial score (nSPS) is 9.91. The van der Waals surface area contributed by atoms with Crippen molar-refractivity contribution in [3.05, 3.63) is 70.8 Å². The molecular weight excluding hydrogens is 288 g/mol. The van der Waals surface area contributed by atoms with Gasteiger partial charge in [0.25, 0.3) is 0 Å². The Morgan fingerprint density at radius 3 is 2.26 bits per heavy atom. The molecule has 0 heterocycles. The molecule has 0 fully saturated rings. The Bertz CT molecular complexity index is 725. The molecule has 0 aromatic heterocycles. The van der Waals surface area contributed by atoms with Gasteiger partial charge in [-0.1, -0.05) is 42.0 Å². The molecule has 1 amide bonds. The summed E-state index contributed by atoms with van der Waals surface area (Å²) in [5, 5.41) is 11.5. The summed E-state index contributed by atoms with van der Waals surface area (Å²) < 4.78 is 0. The van der Waals surface area contributed by atoms with Gasteiger partial charge in [0.05, 0.1) is 11.6 Å². The highest BCUT2D eigenvalue weighted by atomic mass is 16.2. The van der Waals surface area contributed by atoms with Crippen molar-refractivity contribution < 1.29 is 9.59 Å². The van der Waals surface area contributed by atoms with E-state index < -0.39 is 0 Å². The summed E-state index contributed by atoms with van der Waals surface area (Å²) in [4.78, 5) is 23.8. The van der Waals surface area contributed by atoms with E-state index in [1.165, 1.54) is 0 Å². The molecule has 23 heavy (non-hydrogen) atoms. The number of aryl methyl sites for hydroxylation is 1. The predicted molar refractivity (Wildman–Crippen MR) is 87.7 cm³/mol. The first kappa shape index (κ1) is 16.4. The van der Waals surface area contributed by atoms with Crippen molar-refractivity contribution in [3.8, 4) is 6.07 Å². The molecule has 1 N–H and O–H groups in total. The van der Waals surface area contributed by atoms with Gasteiger partial charge in [-0.05, 0) is 24.6 Å². The van der Waals surface area contributed by atoms with E-state index in [-0.39, 0.29) is 24.5 Å². The topological polar surface area (TPSA) is 70.0 Å². The first-order valence-corrected chi connectivity index (χ1v) is 7.44. The third-order valence-electron chi connectivity index (χ3n) is 3.53. The number of carbonyl (C=O) groups excluding carboxylic acids is 2. The molecule has 0 aliphatic rings. The minimum Gasteiger partial charge on any atom is -0.352 e. The second-order valence-electron chi connectivity index (χ2n) is 5.37. The lowest BCUT2D eigenvalue weighted by Gasteiger charge is -2.05. The third-order valence-corrected chi connectivity index (χ3v) is 3.53. The Labute approximate surface area is 135 Å². The molecule has 2 aromatic rings. The van der Waals surface area contributed by atoms with Crippen LogP contribution in [0, 0.1) is 18.3 Å². The predicted octanol–water partition coefficient (Wildman–Crippen LogP) is 3.15. The Morgan fingerprint density at radius 1 is 1.00 bits per heavy atom. The van der Waals surface area contributed by atoms with Crippen LogP contribution in [-0.2, 0) is 11.3 Å². The highest BCUT2D eigenvalue weighted by Gasteiger charge is 2.09. The van der Waals surface area contributed by atoms with Crippen molar-refractivity contribution >= 4 is 11.7 Å². The number of hydrogen-bond donors (Lipinski definition) is 1. The Kier molecular flexibility index (Phi) is 5.65. The SMILES string of the molecule is Cc1ccc(C(=O)CCC(=O)NCc2ccc(C#N)cc2)cc1. The summed E-state index contributed by atoms with van der Waals surface area (Å²) in [7, 11) is 0. The zero-order valence-corrected chi connectivity index (χ0v) is 13.0. The maximum Gasteiger partial charge on any atom is 0.220 e. The van der Waals surface area contributed by atoms with E-state index in [4.69, 9.17) is 5.26 Å². The average molecular weight is 306 g/mol. The summed E-state index contributed by atoms with van der Waals surface area (Å²) in [6.07, 6.45) is 0.366. The Morgan fingerprint density at radius 2 is 1.65 bits per heavy atom. The molecule has 0 spiro atoms. The lowest BCUT2D eigenvalue weighted by molar-refractivity contribution is -0.121. The number of nitrogens with one attached hydrogen (secondary N) is 1. The number of nitrogens with zero attached hydrogens (tertiary/aromatic N) is 1. The van der Waals surface area contributed by atoms with Crippen LogP contribution in [-0.4, -0.2) is 11.7 Å². The van der Waals surface area contributed by atoms with E-state index in [0.717, 1.165) is 11.1 Å². The monoisotopic (exact) mass is 306 g/mol. The van der Waals surface area contributed by atoms with Crippen LogP contribution in [0.1, 0.15) is 39.9 Å². The summed E-state index contributed by atoms with van der Waals surface area (Å²) in [6, 6.07) is 16.4. The van der Waals surface area contributed by atoms with E-state index >= 15 is 0 Å². The molecule has 0 unspecified atom stereocenters. The molecule has 0 aliphatic carbocycles. The van der Waals surface area contributed by atoms with Gasteiger partial charge in [-0.25, -0.2) is 0 Å². The van der Waals surface area contributed by atoms with Crippen molar-refractivity contribution in [1.82, 2.24) is 5.32 Å². The van der Waals surface area contributed by atoms with Crippen molar-refractivity contribution in [2.75, 3.05) is 0 Å². The van der Waals surface area contributed by atoms with Crippen LogP contribution in [0.15, 0.2) is 48.5 Å². The Balaban J connectivity index is 1.77. The summed E-state index contributed by atoms with van der Waals surface area (Å²) in [5.74, 6) is -0.187. The van der Waals surface area contributed by atoms with Gasteiger partial charge >= 0.3 is 0 Å². The van der Waals surface area contributed by atoms with Crippen molar-refractivity contribution in [2.24, 2.45) is 0 Å². The molecule has 4 heteroatoms. The number of carbonyl (C=O) groups is 2. The maximum atomic E-state index is 12.0. The highest BCUT2D eigenvalue weighted by molar-refractivity contribution is 5.97. The highest BCUT2D eigenvalue weighted by Crippen LogP contribution is 2.08. The second kappa shape index (κ2) is 7.90. The first-order chi connectivity index (χ1) is 11.1. The van der Waals surface area contributed by atoms with Gasteiger partial charge < -0.3 is 5.32 Å². The zero-order chi connectivity index (χ0) is 16.7. The average Bonchev–Trinajstić information content (AvgIpc) is 2.59. The van der Waals surface area contributed by atoms with E-state index in [2.05, 4.69) is 5.32 Å². The number of amides is 1. The number of benzene rings is 2. The lowest BCUT2D eigenvalue weighted by Crippen LogP contribution is -2.23. The number of rotatable bonds is 6. The van der Waals surface area contributed by atoms with Crippen LogP contribution in [0.25, 0.3) is 0 Å². The summed E-state index contributed by atoms with van der Waals surface area (Å²) in [6.45, 7) is 2.36. The van der Waals surface area contributed by atoms with Gasteiger partial charge in [0.1, 0.15) is 0 Å². The molecular formula is C19H18N2O2. The minimum absolute atomic E-state index is 0.0291. The van der Waals surface area contributed by atoms with Crippen LogP contribution in [0.4, 0.5) is 0 Å². The van der Waals surface area contributed by atoms with Gasteiger partial charge in [-0.3, -0.25) is 9.59 Å². The molecule has 0 saturated carbocycles. The van der Waals surface area contributed by atoms with Crippen LogP contribution in [0.3, 0.4) is 0 Å². The van der Waals surface area contributed by atoms with Gasteiger partial charge in [0.15, 0.2) is 5.78 Å². The van der Waals surface area contributed by atoms with Crippen LogP contribution >= 0.6 is 0 Å². The van der Waals surface area contributed by atoms with Crippen molar-refractivity contribution in [1.29, 1.82) is 5.26 Å². The fraction of sp³-hybridized carbons (Fsp3) is 0.211. The fourth-order valence-corrected chi connectivity index (χ4v) is 2.10. The van der Waals surface area contributed by atoms with Gasteiger partial charge in [0, 0.05) is 24.9 Å². The first-order valence-electron chi connectivity index (χ1n) is 7.44. The lowest BCUT2D eigenvalue weighted by atomic mass is 10.0. The van der Waals surface area contributed by atoms with E-state index in [9.17, 15) is 9.59 Å². The van der Waals surface area contributed by atoms with E-state index in [1.54, 1.807) is 36.4 Å². The molecule has 116 valence electrons. The van der Waals surface area contributed by atoms with Gasteiger partial charge in [0.2, 0.25) is 5.91 Å². The molecule has 0 saturated heterocycles. The van der Waals surface area contributed by atoms with Crippen LogP contribution < -0.4 is 5.32 Å². The molecule has 2 aromatic carbocycles. The van der Waals surface area contributed by atoms with Gasteiger partial charge in [-0.15, -0.1) is 0 Å². The maximum absolute atomic E-state index is 12.0. The van der Waals surface area contributed by atoms with Gasteiger partial charge in [-0.2, -0.15) is 5.26 Å².